The predicted molar refractivity (Wildman–Crippen MR) is 78.3 cm³/mol. The smallest absolute Gasteiger partial charge is 0.414 e. The second kappa shape index (κ2) is 5.46. The van der Waals surface area contributed by atoms with Gasteiger partial charge in [0.05, 0.1) is 6.61 Å². The maximum atomic E-state index is 12.1. The van der Waals surface area contributed by atoms with E-state index in [9.17, 15) is 4.79 Å². The van der Waals surface area contributed by atoms with Crippen molar-refractivity contribution in [3.8, 4) is 0 Å². The monoisotopic (exact) mass is 286 g/mol. The van der Waals surface area contributed by atoms with Gasteiger partial charge in [0.1, 0.15) is 11.0 Å². The zero-order valence-corrected chi connectivity index (χ0v) is 11.8. The van der Waals surface area contributed by atoms with Crippen LogP contribution in [0.15, 0.2) is 42.0 Å². The second-order valence-electron chi connectivity index (χ2n) is 4.32. The van der Waals surface area contributed by atoms with Gasteiger partial charge >= 0.3 is 6.09 Å². The topological polar surface area (TPSA) is 42.4 Å². The van der Waals surface area contributed by atoms with Gasteiger partial charge in [0.25, 0.3) is 0 Å². The first-order chi connectivity index (χ1) is 9.81. The summed E-state index contributed by atoms with van der Waals surface area (Å²) in [4.78, 5) is 18.1. The van der Waals surface area contributed by atoms with Crippen LogP contribution in [0.4, 0.5) is 4.79 Å². The van der Waals surface area contributed by atoms with Crippen LogP contribution in [0.25, 0.3) is 6.08 Å². The van der Waals surface area contributed by atoms with Gasteiger partial charge in [-0.3, -0.25) is 4.90 Å². The molecule has 5 heteroatoms. The van der Waals surface area contributed by atoms with Crippen molar-refractivity contribution in [2.75, 3.05) is 6.61 Å². The van der Waals surface area contributed by atoms with Crippen molar-refractivity contribution in [3.05, 3.63) is 58.2 Å². The summed E-state index contributed by atoms with van der Waals surface area (Å²) in [6, 6.07) is 7.81. The third-order valence-electron chi connectivity index (χ3n) is 3.15. The Morgan fingerprint density at radius 3 is 3.05 bits per heavy atom. The van der Waals surface area contributed by atoms with Crippen LogP contribution >= 0.6 is 11.3 Å². The molecule has 20 heavy (non-hydrogen) atoms. The average molecular weight is 286 g/mol. The molecule has 0 saturated heterocycles. The molecule has 1 aliphatic heterocycles. The van der Waals surface area contributed by atoms with Gasteiger partial charge in [-0.15, -0.1) is 11.3 Å². The lowest BCUT2D eigenvalue weighted by Gasteiger charge is -2.31. The summed E-state index contributed by atoms with van der Waals surface area (Å²) in [6.45, 7) is 2.16. The molecule has 0 aliphatic carbocycles. The standard InChI is InChI=1S/C15H14N2O2S/c1-2-19-15(18)17-9-7-11-5-3-4-6-12(11)13(17)14-16-8-10-20-14/h3-10,13H,2H2,1H3. The molecule has 0 spiro atoms. The van der Waals surface area contributed by atoms with Gasteiger partial charge in [-0.1, -0.05) is 24.3 Å². The number of fused-ring (bicyclic) bond motifs is 1. The first kappa shape index (κ1) is 12.9. The van der Waals surface area contributed by atoms with Crippen LogP contribution in [-0.2, 0) is 4.74 Å². The number of amides is 1. The molecule has 0 N–H and O–H groups in total. The Kier molecular flexibility index (Phi) is 3.52. The van der Waals surface area contributed by atoms with Gasteiger partial charge in [0, 0.05) is 17.8 Å². The van der Waals surface area contributed by atoms with E-state index in [1.165, 1.54) is 11.3 Å². The van der Waals surface area contributed by atoms with Crippen LogP contribution < -0.4 is 0 Å². The van der Waals surface area contributed by atoms with Crippen LogP contribution in [0, 0.1) is 0 Å². The van der Waals surface area contributed by atoms with Crippen molar-refractivity contribution in [1.29, 1.82) is 0 Å². The SMILES string of the molecule is CCOC(=O)N1C=Cc2ccccc2C1c1nccs1. The Hall–Kier alpha value is -2.14. The van der Waals surface area contributed by atoms with Crippen LogP contribution in [0.3, 0.4) is 0 Å². The number of carbonyl (C=O) groups is 1. The Morgan fingerprint density at radius 1 is 1.45 bits per heavy atom. The van der Waals surface area contributed by atoms with Crippen molar-refractivity contribution in [1.82, 2.24) is 9.88 Å². The zero-order valence-electron chi connectivity index (χ0n) is 11.0. The molecule has 4 nitrogen and oxygen atoms in total. The van der Waals surface area contributed by atoms with E-state index in [2.05, 4.69) is 4.98 Å². The van der Waals surface area contributed by atoms with Crippen molar-refractivity contribution in [2.24, 2.45) is 0 Å². The summed E-state index contributed by atoms with van der Waals surface area (Å²) >= 11 is 1.54. The fraction of sp³-hybridized carbons (Fsp3) is 0.200. The minimum atomic E-state index is -0.349. The Balaban J connectivity index is 2.06. The zero-order chi connectivity index (χ0) is 13.9. The largest absolute Gasteiger partial charge is 0.449 e. The maximum Gasteiger partial charge on any atom is 0.414 e. The van der Waals surface area contributed by atoms with Gasteiger partial charge in [-0.05, 0) is 24.1 Å². The summed E-state index contributed by atoms with van der Waals surface area (Å²) in [7, 11) is 0. The summed E-state index contributed by atoms with van der Waals surface area (Å²) in [5.74, 6) is 0. The van der Waals surface area contributed by atoms with Gasteiger partial charge in [0.2, 0.25) is 0 Å². The van der Waals surface area contributed by atoms with Crippen LogP contribution in [0.1, 0.15) is 29.1 Å². The molecule has 2 heterocycles. The fourth-order valence-corrected chi connectivity index (χ4v) is 3.05. The van der Waals surface area contributed by atoms with E-state index in [1.54, 1.807) is 24.2 Å². The second-order valence-corrected chi connectivity index (χ2v) is 5.25. The number of hydrogen-bond acceptors (Lipinski definition) is 4. The minimum Gasteiger partial charge on any atom is -0.449 e. The Labute approximate surface area is 121 Å². The summed E-state index contributed by atoms with van der Waals surface area (Å²) < 4.78 is 5.14. The third-order valence-corrected chi connectivity index (χ3v) is 3.98. The number of rotatable bonds is 2. The molecule has 3 rings (SSSR count). The first-order valence-electron chi connectivity index (χ1n) is 6.43. The summed E-state index contributed by atoms with van der Waals surface area (Å²) in [5, 5.41) is 2.80. The highest BCUT2D eigenvalue weighted by atomic mass is 32.1. The Morgan fingerprint density at radius 2 is 2.30 bits per heavy atom. The molecular formula is C15H14N2O2S. The van der Waals surface area contributed by atoms with Crippen LogP contribution in [0.5, 0.6) is 0 Å². The highest BCUT2D eigenvalue weighted by molar-refractivity contribution is 7.09. The highest BCUT2D eigenvalue weighted by Crippen LogP contribution is 2.36. The number of benzene rings is 1. The molecule has 1 unspecified atom stereocenters. The molecule has 0 radical (unpaired) electrons. The van der Waals surface area contributed by atoms with E-state index >= 15 is 0 Å². The molecule has 1 aromatic heterocycles. The van der Waals surface area contributed by atoms with Crippen molar-refractivity contribution < 1.29 is 9.53 Å². The molecule has 1 amide bonds. The van der Waals surface area contributed by atoms with Gasteiger partial charge in [-0.25, -0.2) is 9.78 Å². The molecule has 2 aromatic rings. The average Bonchev–Trinajstić information content (AvgIpc) is 3.00. The van der Waals surface area contributed by atoms with Crippen LogP contribution in [0.2, 0.25) is 0 Å². The quantitative estimate of drug-likeness (QED) is 0.845. The minimum absolute atomic E-state index is 0.213. The molecule has 1 aliphatic rings. The maximum absolute atomic E-state index is 12.1. The summed E-state index contributed by atoms with van der Waals surface area (Å²) in [6.07, 6.45) is 5.10. The first-order valence-corrected chi connectivity index (χ1v) is 7.31. The van der Waals surface area contributed by atoms with E-state index in [-0.39, 0.29) is 12.1 Å². The highest BCUT2D eigenvalue weighted by Gasteiger charge is 2.31. The van der Waals surface area contributed by atoms with E-state index in [0.29, 0.717) is 6.61 Å². The van der Waals surface area contributed by atoms with Crippen molar-refractivity contribution in [3.63, 3.8) is 0 Å². The number of nitrogens with zero attached hydrogens (tertiary/aromatic N) is 2. The van der Waals surface area contributed by atoms with Crippen molar-refractivity contribution >= 4 is 23.5 Å². The van der Waals surface area contributed by atoms with E-state index in [1.807, 2.05) is 35.7 Å². The number of aromatic nitrogens is 1. The number of ether oxygens (including phenoxy) is 1. The lowest BCUT2D eigenvalue weighted by atomic mass is 9.97. The van der Waals surface area contributed by atoms with E-state index in [0.717, 1.165) is 16.1 Å². The van der Waals surface area contributed by atoms with Gasteiger partial charge in [0.15, 0.2) is 0 Å². The molecular weight excluding hydrogens is 272 g/mol. The van der Waals surface area contributed by atoms with Crippen LogP contribution in [-0.4, -0.2) is 22.6 Å². The predicted octanol–water partition coefficient (Wildman–Crippen LogP) is 3.68. The lowest BCUT2D eigenvalue weighted by molar-refractivity contribution is 0.114. The molecule has 1 aromatic carbocycles. The number of carbonyl (C=O) groups excluding carboxylic acids is 1. The molecule has 102 valence electrons. The van der Waals surface area contributed by atoms with Gasteiger partial charge < -0.3 is 4.74 Å². The fourth-order valence-electron chi connectivity index (χ4n) is 2.29. The van der Waals surface area contributed by atoms with E-state index < -0.39 is 0 Å². The number of thiazole rings is 1. The Bertz CT molecular complexity index is 637. The number of hydrogen-bond donors (Lipinski definition) is 0. The molecule has 0 saturated carbocycles. The molecule has 0 bridgehead atoms. The molecule has 1 atom stereocenters. The van der Waals surface area contributed by atoms with E-state index in [4.69, 9.17) is 4.74 Å². The summed E-state index contributed by atoms with van der Waals surface area (Å²) in [5.41, 5.74) is 2.17. The third kappa shape index (κ3) is 2.20. The normalized spacial score (nSPS) is 16.9. The lowest BCUT2D eigenvalue weighted by Crippen LogP contribution is -2.33. The van der Waals surface area contributed by atoms with Crippen molar-refractivity contribution in [2.45, 2.75) is 13.0 Å². The van der Waals surface area contributed by atoms with Gasteiger partial charge in [-0.2, -0.15) is 0 Å². The molecule has 0 fully saturated rings.